The molecule has 0 aromatic carbocycles. The van der Waals surface area contributed by atoms with Crippen LogP contribution in [0, 0.1) is 5.41 Å². The third-order valence-corrected chi connectivity index (χ3v) is 4.99. The Morgan fingerprint density at radius 3 is 2.46 bits per heavy atom. The molecule has 142 valence electrons. The summed E-state index contributed by atoms with van der Waals surface area (Å²) in [5, 5.41) is 2.84. The van der Waals surface area contributed by atoms with E-state index in [1.54, 1.807) is 29.0 Å². The molecule has 1 saturated heterocycles. The molecule has 8 heteroatoms. The van der Waals surface area contributed by atoms with Crippen LogP contribution in [0.4, 0.5) is 0 Å². The summed E-state index contributed by atoms with van der Waals surface area (Å²) in [4.78, 5) is 40.9. The van der Waals surface area contributed by atoms with Crippen LogP contribution in [0.2, 0.25) is 0 Å². The third kappa shape index (κ3) is 3.75. The highest BCUT2D eigenvalue weighted by Crippen LogP contribution is 2.47. The number of nitrogens with zero attached hydrogens (tertiary/aromatic N) is 2. The van der Waals surface area contributed by atoms with Gasteiger partial charge in [-0.2, -0.15) is 0 Å². The van der Waals surface area contributed by atoms with Gasteiger partial charge in [0, 0.05) is 46.4 Å². The Labute approximate surface area is 152 Å². The molecular weight excluding hydrogens is 338 g/mol. The van der Waals surface area contributed by atoms with Crippen LogP contribution in [-0.2, 0) is 14.3 Å². The van der Waals surface area contributed by atoms with Crippen LogP contribution in [0.25, 0.3) is 0 Å². The fraction of sp³-hybridized carbons (Fsp3) is 0.611. The van der Waals surface area contributed by atoms with Crippen molar-refractivity contribution >= 4 is 17.7 Å². The number of carbonyl (C=O) groups is 3. The number of amides is 3. The van der Waals surface area contributed by atoms with Crippen LogP contribution in [0.1, 0.15) is 29.8 Å². The third-order valence-electron chi connectivity index (χ3n) is 4.99. The van der Waals surface area contributed by atoms with Gasteiger partial charge in [0.15, 0.2) is 5.76 Å². The van der Waals surface area contributed by atoms with Crippen molar-refractivity contribution < 1.29 is 23.5 Å². The molecule has 26 heavy (non-hydrogen) atoms. The number of rotatable bonds is 7. The second-order valence-electron chi connectivity index (χ2n) is 6.75. The van der Waals surface area contributed by atoms with E-state index in [1.807, 2.05) is 0 Å². The van der Waals surface area contributed by atoms with Gasteiger partial charge in [-0.25, -0.2) is 0 Å². The van der Waals surface area contributed by atoms with Crippen LogP contribution in [0.3, 0.4) is 0 Å². The van der Waals surface area contributed by atoms with Crippen LogP contribution >= 0.6 is 0 Å². The zero-order chi connectivity index (χ0) is 18.6. The molecule has 3 amide bonds. The summed E-state index contributed by atoms with van der Waals surface area (Å²) in [6.45, 7) is 2.83. The van der Waals surface area contributed by atoms with Crippen molar-refractivity contribution in [2.45, 2.75) is 19.3 Å². The monoisotopic (exact) mass is 363 g/mol. The van der Waals surface area contributed by atoms with Crippen LogP contribution in [0.5, 0.6) is 0 Å². The van der Waals surface area contributed by atoms with Gasteiger partial charge in [-0.3, -0.25) is 14.4 Å². The molecular formula is C18H25N3O5. The number of nitrogens with one attached hydrogen (secondary N) is 1. The summed E-state index contributed by atoms with van der Waals surface area (Å²) in [6, 6.07) is 3.31. The van der Waals surface area contributed by atoms with Crippen molar-refractivity contribution in [1.29, 1.82) is 0 Å². The van der Waals surface area contributed by atoms with E-state index in [2.05, 4.69) is 5.32 Å². The first kappa shape index (κ1) is 18.4. The molecule has 0 radical (unpaired) electrons. The summed E-state index contributed by atoms with van der Waals surface area (Å²) in [5.74, 6) is -0.169. The van der Waals surface area contributed by atoms with Gasteiger partial charge in [0.2, 0.25) is 11.8 Å². The van der Waals surface area contributed by atoms with Crippen molar-refractivity contribution in [2.24, 2.45) is 5.41 Å². The van der Waals surface area contributed by atoms with Gasteiger partial charge in [-0.15, -0.1) is 0 Å². The Kier molecular flexibility index (Phi) is 5.61. The molecule has 0 atom stereocenters. The quantitative estimate of drug-likeness (QED) is 0.562. The fourth-order valence-corrected chi connectivity index (χ4v) is 3.22. The van der Waals surface area contributed by atoms with E-state index in [4.69, 9.17) is 9.15 Å². The Hall–Kier alpha value is -2.35. The van der Waals surface area contributed by atoms with Crippen LogP contribution < -0.4 is 5.32 Å². The maximum Gasteiger partial charge on any atom is 0.289 e. The molecule has 3 rings (SSSR count). The lowest BCUT2D eigenvalue weighted by Gasteiger charge is -2.36. The van der Waals surface area contributed by atoms with Gasteiger partial charge in [-0.05, 0) is 31.4 Å². The standard InChI is InChI=1S/C18H25N3O5/c1-25-12-3-7-19-16(23)18(5-6-18)17(24)21-10-8-20(9-11-21)15(22)14-4-2-13-26-14/h2,4,13H,3,5-12H2,1H3,(H,19,23). The Morgan fingerprint density at radius 1 is 1.19 bits per heavy atom. The SMILES string of the molecule is COCCCNC(=O)C1(C(=O)N2CCN(C(=O)c3ccco3)CC2)CC1. The van der Waals surface area contributed by atoms with Crippen molar-refractivity contribution in [2.75, 3.05) is 46.4 Å². The highest BCUT2D eigenvalue weighted by atomic mass is 16.5. The molecule has 1 aromatic rings. The van der Waals surface area contributed by atoms with E-state index in [1.165, 1.54) is 6.26 Å². The molecule has 2 heterocycles. The van der Waals surface area contributed by atoms with E-state index in [-0.39, 0.29) is 17.7 Å². The highest BCUT2D eigenvalue weighted by Gasteiger charge is 2.58. The maximum absolute atomic E-state index is 12.8. The number of carbonyl (C=O) groups excluding carboxylic acids is 3. The van der Waals surface area contributed by atoms with Gasteiger partial charge >= 0.3 is 0 Å². The number of furan rings is 1. The van der Waals surface area contributed by atoms with E-state index in [0.717, 1.165) is 6.42 Å². The fourth-order valence-electron chi connectivity index (χ4n) is 3.22. The molecule has 2 aliphatic rings. The minimum atomic E-state index is -0.903. The van der Waals surface area contributed by atoms with Gasteiger partial charge < -0.3 is 24.3 Å². The number of methoxy groups -OCH3 is 1. The lowest BCUT2D eigenvalue weighted by Crippen LogP contribution is -2.54. The lowest BCUT2D eigenvalue weighted by atomic mass is 10.0. The average molecular weight is 363 g/mol. The van der Waals surface area contributed by atoms with Crippen molar-refractivity contribution in [3.8, 4) is 0 Å². The molecule has 0 spiro atoms. The average Bonchev–Trinajstić information content (AvgIpc) is 3.30. The minimum absolute atomic E-state index is 0.119. The van der Waals surface area contributed by atoms with E-state index in [0.29, 0.717) is 57.9 Å². The molecule has 1 aliphatic heterocycles. The Balaban J connectivity index is 1.50. The molecule has 0 unspecified atom stereocenters. The lowest BCUT2D eigenvalue weighted by molar-refractivity contribution is -0.145. The van der Waals surface area contributed by atoms with E-state index in [9.17, 15) is 14.4 Å². The predicted octanol–water partition coefficient (Wildman–Crippen LogP) is 0.497. The van der Waals surface area contributed by atoms with Crippen molar-refractivity contribution in [1.82, 2.24) is 15.1 Å². The Morgan fingerprint density at radius 2 is 1.88 bits per heavy atom. The molecule has 1 aromatic heterocycles. The molecule has 1 N–H and O–H groups in total. The van der Waals surface area contributed by atoms with Gasteiger partial charge in [0.1, 0.15) is 5.41 Å². The molecule has 0 bridgehead atoms. The largest absolute Gasteiger partial charge is 0.459 e. The summed E-state index contributed by atoms with van der Waals surface area (Å²) in [7, 11) is 1.62. The maximum atomic E-state index is 12.8. The second-order valence-corrected chi connectivity index (χ2v) is 6.75. The normalized spacial score (nSPS) is 18.5. The number of hydrogen-bond donors (Lipinski definition) is 1. The minimum Gasteiger partial charge on any atom is -0.459 e. The van der Waals surface area contributed by atoms with Crippen LogP contribution in [0.15, 0.2) is 22.8 Å². The smallest absolute Gasteiger partial charge is 0.289 e. The van der Waals surface area contributed by atoms with Crippen LogP contribution in [-0.4, -0.2) is 74.0 Å². The predicted molar refractivity (Wildman–Crippen MR) is 92.4 cm³/mol. The molecule has 2 fully saturated rings. The van der Waals surface area contributed by atoms with E-state index >= 15 is 0 Å². The summed E-state index contributed by atoms with van der Waals surface area (Å²) >= 11 is 0. The topological polar surface area (TPSA) is 92.1 Å². The zero-order valence-corrected chi connectivity index (χ0v) is 15.0. The van der Waals surface area contributed by atoms with Gasteiger partial charge in [0.25, 0.3) is 5.91 Å². The first-order valence-electron chi connectivity index (χ1n) is 8.98. The first-order chi connectivity index (χ1) is 12.6. The number of hydrogen-bond acceptors (Lipinski definition) is 5. The number of ether oxygens (including phenoxy) is 1. The van der Waals surface area contributed by atoms with E-state index < -0.39 is 5.41 Å². The Bertz CT molecular complexity index is 646. The molecule has 8 nitrogen and oxygen atoms in total. The molecule has 1 saturated carbocycles. The highest BCUT2D eigenvalue weighted by molar-refractivity contribution is 6.08. The van der Waals surface area contributed by atoms with Crippen molar-refractivity contribution in [3.63, 3.8) is 0 Å². The second kappa shape index (κ2) is 7.90. The van der Waals surface area contributed by atoms with Gasteiger partial charge in [0.05, 0.1) is 6.26 Å². The first-order valence-corrected chi connectivity index (χ1v) is 8.98. The van der Waals surface area contributed by atoms with Gasteiger partial charge in [-0.1, -0.05) is 0 Å². The summed E-state index contributed by atoms with van der Waals surface area (Å²) in [6.07, 6.45) is 3.37. The van der Waals surface area contributed by atoms with Crippen molar-refractivity contribution in [3.05, 3.63) is 24.2 Å². The summed E-state index contributed by atoms with van der Waals surface area (Å²) in [5.41, 5.74) is -0.903. The summed E-state index contributed by atoms with van der Waals surface area (Å²) < 4.78 is 10.1. The number of piperazine rings is 1. The molecule has 1 aliphatic carbocycles. The zero-order valence-electron chi connectivity index (χ0n) is 15.0.